The highest BCUT2D eigenvalue weighted by Gasteiger charge is 2.37. The standard InChI is InChI=1S/C35H39ClFNO5S/c1-21-12-13-38(19-21)22(2)20-42-27-10-8-24(9-11-27)35-34(25-14-26(36)16-28(15-25)44(3,40)41)33(23-6-4-5-7-23)29-17-31(39)30(37)18-32(29)43-35/h8-11,14-18,21-23,35,39H,4-7,12-13,19-20H2,1-3H3/t21-,22+,35?/m1/s1. The predicted octanol–water partition coefficient (Wildman–Crippen LogP) is 7.93. The Bertz CT molecular complexity index is 1680. The second-order valence-corrected chi connectivity index (χ2v) is 15.1. The fourth-order valence-corrected chi connectivity index (χ4v) is 7.86. The number of benzene rings is 3. The maximum atomic E-state index is 14.7. The number of phenols is 1. The molecule has 1 unspecified atom stereocenters. The number of allylic oxidation sites excluding steroid dienone is 1. The number of hydrogen-bond acceptors (Lipinski definition) is 6. The molecule has 0 amide bonds. The fraction of sp³-hybridized carbons (Fsp3) is 0.429. The van der Waals surface area contributed by atoms with Crippen LogP contribution < -0.4 is 9.47 Å². The lowest BCUT2D eigenvalue weighted by Gasteiger charge is -2.35. The number of ether oxygens (including phenoxy) is 2. The Morgan fingerprint density at radius 2 is 1.80 bits per heavy atom. The van der Waals surface area contributed by atoms with Crippen LogP contribution in [0.15, 0.2) is 59.5 Å². The van der Waals surface area contributed by atoms with E-state index < -0.39 is 27.5 Å². The maximum absolute atomic E-state index is 14.7. The van der Waals surface area contributed by atoms with Gasteiger partial charge in [-0.05, 0) is 97.7 Å². The van der Waals surface area contributed by atoms with Crippen molar-refractivity contribution in [2.45, 2.75) is 63.0 Å². The molecule has 0 spiro atoms. The molecule has 3 atom stereocenters. The molecule has 1 N–H and O–H groups in total. The zero-order valence-electron chi connectivity index (χ0n) is 25.4. The first-order valence-corrected chi connectivity index (χ1v) is 17.7. The van der Waals surface area contributed by atoms with Gasteiger partial charge in [-0.2, -0.15) is 0 Å². The molecule has 1 aliphatic carbocycles. The van der Waals surface area contributed by atoms with Crippen molar-refractivity contribution in [1.29, 1.82) is 0 Å². The maximum Gasteiger partial charge on any atom is 0.175 e. The summed E-state index contributed by atoms with van der Waals surface area (Å²) < 4.78 is 52.7. The minimum absolute atomic E-state index is 0.107. The van der Waals surface area contributed by atoms with Gasteiger partial charge in [-0.3, -0.25) is 4.90 Å². The van der Waals surface area contributed by atoms with Crippen molar-refractivity contribution >= 4 is 32.6 Å². The van der Waals surface area contributed by atoms with Crippen molar-refractivity contribution < 1.29 is 27.4 Å². The fourth-order valence-electron chi connectivity index (χ4n) is 6.88. The Labute approximate surface area is 264 Å². The van der Waals surface area contributed by atoms with Crippen molar-refractivity contribution in [1.82, 2.24) is 4.90 Å². The summed E-state index contributed by atoms with van der Waals surface area (Å²) >= 11 is 6.52. The van der Waals surface area contributed by atoms with E-state index in [1.165, 1.54) is 24.6 Å². The van der Waals surface area contributed by atoms with Crippen LogP contribution in [0.3, 0.4) is 0 Å². The van der Waals surface area contributed by atoms with Crippen LogP contribution in [0, 0.1) is 17.7 Å². The predicted molar refractivity (Wildman–Crippen MR) is 172 cm³/mol. The zero-order valence-corrected chi connectivity index (χ0v) is 26.9. The molecular weight excluding hydrogens is 601 g/mol. The molecule has 0 radical (unpaired) electrons. The largest absolute Gasteiger partial charge is 0.505 e. The highest BCUT2D eigenvalue weighted by molar-refractivity contribution is 7.90. The molecule has 2 heterocycles. The number of sulfone groups is 1. The zero-order chi connectivity index (χ0) is 31.2. The van der Waals surface area contributed by atoms with Gasteiger partial charge in [0, 0.05) is 41.1 Å². The van der Waals surface area contributed by atoms with E-state index >= 15 is 0 Å². The lowest BCUT2D eigenvalue weighted by molar-refractivity contribution is 0.169. The lowest BCUT2D eigenvalue weighted by Crippen LogP contribution is -2.35. The highest BCUT2D eigenvalue weighted by Crippen LogP contribution is 2.53. The number of phenolic OH excluding ortho intramolecular Hbond substituents is 1. The van der Waals surface area contributed by atoms with E-state index in [1.807, 2.05) is 24.3 Å². The van der Waals surface area contributed by atoms with Gasteiger partial charge in [0.05, 0.1) is 4.90 Å². The van der Waals surface area contributed by atoms with Crippen LogP contribution >= 0.6 is 11.6 Å². The molecule has 6 rings (SSSR count). The summed E-state index contributed by atoms with van der Waals surface area (Å²) in [7, 11) is -3.56. The van der Waals surface area contributed by atoms with Crippen molar-refractivity contribution in [3.8, 4) is 17.2 Å². The van der Waals surface area contributed by atoms with Gasteiger partial charge in [0.2, 0.25) is 0 Å². The summed E-state index contributed by atoms with van der Waals surface area (Å²) in [6, 6.07) is 15.5. The minimum Gasteiger partial charge on any atom is -0.505 e. The van der Waals surface area contributed by atoms with E-state index in [0.29, 0.717) is 35.4 Å². The molecule has 2 fully saturated rings. The first-order chi connectivity index (χ1) is 21.0. The average molecular weight is 640 g/mol. The van der Waals surface area contributed by atoms with E-state index in [9.17, 15) is 17.9 Å². The average Bonchev–Trinajstić information content (AvgIpc) is 3.67. The van der Waals surface area contributed by atoms with Crippen molar-refractivity contribution in [3.05, 3.63) is 82.1 Å². The van der Waals surface area contributed by atoms with Gasteiger partial charge in [-0.1, -0.05) is 43.5 Å². The smallest absolute Gasteiger partial charge is 0.175 e. The summed E-state index contributed by atoms with van der Waals surface area (Å²) in [4.78, 5) is 2.57. The monoisotopic (exact) mass is 639 g/mol. The van der Waals surface area contributed by atoms with Crippen LogP contribution in [-0.4, -0.2) is 50.4 Å². The molecule has 3 aromatic carbocycles. The number of aromatic hydroxyl groups is 1. The molecule has 0 bridgehead atoms. The SMILES string of the molecule is C[C@@H]1CCN([C@@H](C)COc2ccc(C3Oc4cc(F)c(O)cc4C(C4CCCC4)=C3c3cc(Cl)cc(S(C)(=O)=O)c3)cc2)C1. The molecule has 6 nitrogen and oxygen atoms in total. The van der Waals surface area contributed by atoms with E-state index in [0.717, 1.165) is 67.5 Å². The molecule has 3 aliphatic rings. The van der Waals surface area contributed by atoms with Crippen LogP contribution in [-0.2, 0) is 9.84 Å². The molecule has 1 saturated heterocycles. The van der Waals surface area contributed by atoms with Gasteiger partial charge >= 0.3 is 0 Å². The van der Waals surface area contributed by atoms with Crippen LogP contribution in [0.2, 0.25) is 5.02 Å². The summed E-state index contributed by atoms with van der Waals surface area (Å²) in [5.74, 6) is 0.697. The molecule has 44 heavy (non-hydrogen) atoms. The Hall–Kier alpha value is -3.07. The van der Waals surface area contributed by atoms with Crippen LogP contribution in [0.5, 0.6) is 17.2 Å². The number of halogens is 2. The number of fused-ring (bicyclic) bond motifs is 1. The molecule has 234 valence electrons. The number of hydrogen-bond donors (Lipinski definition) is 1. The minimum atomic E-state index is -3.56. The van der Waals surface area contributed by atoms with Crippen molar-refractivity contribution in [3.63, 3.8) is 0 Å². The van der Waals surface area contributed by atoms with Gasteiger partial charge in [0.1, 0.15) is 24.2 Å². The van der Waals surface area contributed by atoms with Crippen molar-refractivity contribution in [2.75, 3.05) is 26.0 Å². The van der Waals surface area contributed by atoms with E-state index in [2.05, 4.69) is 18.7 Å². The third kappa shape index (κ3) is 6.35. The summed E-state index contributed by atoms with van der Waals surface area (Å²) in [5, 5.41) is 10.7. The number of likely N-dealkylation sites (tertiary alicyclic amines) is 1. The lowest BCUT2D eigenvalue weighted by atomic mass is 9.79. The Balaban J connectivity index is 1.43. The summed E-state index contributed by atoms with van der Waals surface area (Å²) in [6.45, 7) is 7.23. The van der Waals surface area contributed by atoms with Gasteiger partial charge in [-0.15, -0.1) is 0 Å². The Morgan fingerprint density at radius 1 is 1.07 bits per heavy atom. The van der Waals surface area contributed by atoms with Gasteiger partial charge in [0.25, 0.3) is 0 Å². The van der Waals surface area contributed by atoms with Crippen molar-refractivity contribution in [2.24, 2.45) is 11.8 Å². The first-order valence-electron chi connectivity index (χ1n) is 15.4. The first kappa shape index (κ1) is 30.9. The Morgan fingerprint density at radius 3 is 2.45 bits per heavy atom. The second kappa shape index (κ2) is 12.4. The van der Waals surface area contributed by atoms with Crippen LogP contribution in [0.1, 0.15) is 68.7 Å². The van der Waals surface area contributed by atoms with Crippen LogP contribution in [0.25, 0.3) is 11.1 Å². The molecule has 9 heteroatoms. The number of nitrogens with zero attached hydrogens (tertiary/aromatic N) is 1. The van der Waals surface area contributed by atoms with Crippen LogP contribution in [0.4, 0.5) is 4.39 Å². The molecule has 1 saturated carbocycles. The molecule has 0 aromatic heterocycles. The van der Waals surface area contributed by atoms with Gasteiger partial charge in [-0.25, -0.2) is 12.8 Å². The van der Waals surface area contributed by atoms with Gasteiger partial charge in [0.15, 0.2) is 21.4 Å². The third-order valence-electron chi connectivity index (χ3n) is 9.26. The highest BCUT2D eigenvalue weighted by atomic mass is 35.5. The summed E-state index contributed by atoms with van der Waals surface area (Å²) in [6.07, 6.45) is 5.62. The van der Waals surface area contributed by atoms with Gasteiger partial charge < -0.3 is 14.6 Å². The normalized spacial score (nSPS) is 21.8. The van der Waals surface area contributed by atoms with E-state index in [-0.39, 0.29) is 15.8 Å². The van der Waals surface area contributed by atoms with E-state index in [1.54, 1.807) is 12.1 Å². The number of rotatable bonds is 8. The molecule has 2 aliphatic heterocycles. The topological polar surface area (TPSA) is 76.1 Å². The molecule has 3 aromatic rings. The third-order valence-corrected chi connectivity index (χ3v) is 10.6. The quantitative estimate of drug-likeness (QED) is 0.270. The van der Waals surface area contributed by atoms with E-state index in [4.69, 9.17) is 21.1 Å². The Kier molecular flexibility index (Phi) is 8.70. The second-order valence-electron chi connectivity index (χ2n) is 12.7. The molecular formula is C35H39ClFNO5S. The summed E-state index contributed by atoms with van der Waals surface area (Å²) in [5.41, 5.74) is 3.75.